The Labute approximate surface area is 489 Å². The molecular weight excluding hydrogens is 1030 g/mol. The molecule has 2 atom stereocenters. The van der Waals surface area contributed by atoms with Gasteiger partial charge in [0.1, 0.15) is 45.1 Å². The Morgan fingerprint density at radius 1 is 0.381 bits per heavy atom. The van der Waals surface area contributed by atoms with Gasteiger partial charge in [0.2, 0.25) is 0 Å². The largest absolute Gasteiger partial charge is 0.456 e. The second kappa shape index (κ2) is 18.0. The summed E-state index contributed by atoms with van der Waals surface area (Å²) in [6, 6.07) is 62.4. The van der Waals surface area contributed by atoms with E-state index in [4.69, 9.17) is 29.4 Å². The molecule has 4 aliphatic heterocycles. The summed E-state index contributed by atoms with van der Waals surface area (Å²) in [5.74, 6) is 3.94. The van der Waals surface area contributed by atoms with Crippen LogP contribution in [-0.2, 0) is 0 Å². The van der Waals surface area contributed by atoms with Crippen LogP contribution in [0.25, 0.3) is 101 Å². The lowest BCUT2D eigenvalue weighted by molar-refractivity contribution is 0.472. The van der Waals surface area contributed by atoms with Gasteiger partial charge in [0.15, 0.2) is 0 Å². The predicted octanol–water partition coefficient (Wildman–Crippen LogP) is 14.3. The third-order valence-electron chi connectivity index (χ3n) is 19.1. The lowest BCUT2D eigenvalue weighted by Crippen LogP contribution is -2.63. The van der Waals surface area contributed by atoms with Crippen LogP contribution in [0.3, 0.4) is 0 Å². The molecular formula is C74H58B2N6O2. The summed E-state index contributed by atoms with van der Waals surface area (Å²) in [6.07, 6.45) is 2.01. The van der Waals surface area contributed by atoms with E-state index in [1.807, 2.05) is 0 Å². The molecule has 17 rings (SSSR count). The number of nitrogens with zero attached hydrogens (tertiary/aromatic N) is 6. The van der Waals surface area contributed by atoms with Crippen LogP contribution in [0.15, 0.2) is 170 Å². The summed E-state index contributed by atoms with van der Waals surface area (Å²) >= 11 is 0. The van der Waals surface area contributed by atoms with Crippen molar-refractivity contribution in [3.8, 4) is 79.4 Å². The van der Waals surface area contributed by atoms with Crippen molar-refractivity contribution in [2.45, 2.75) is 80.1 Å². The highest BCUT2D eigenvalue weighted by molar-refractivity contribution is 7.02. The summed E-state index contributed by atoms with van der Waals surface area (Å²) < 4.78 is 20.6. The normalized spacial score (nSPS) is 13.9. The Kier molecular flexibility index (Phi) is 10.5. The zero-order chi connectivity index (χ0) is 56.5. The lowest BCUT2D eigenvalue weighted by Gasteiger charge is -2.41. The number of benzene rings is 7. The lowest BCUT2D eigenvalue weighted by atomic mass is 9.31. The van der Waals surface area contributed by atoms with Crippen molar-refractivity contribution < 1.29 is 9.47 Å². The second-order valence-electron chi connectivity index (χ2n) is 24.3. The van der Waals surface area contributed by atoms with Crippen molar-refractivity contribution in [2.24, 2.45) is 0 Å². The van der Waals surface area contributed by atoms with E-state index in [1.54, 1.807) is 0 Å². The van der Waals surface area contributed by atoms with Crippen LogP contribution in [0.5, 0.6) is 23.0 Å². The van der Waals surface area contributed by atoms with Crippen LogP contribution >= 0.6 is 0 Å². The third kappa shape index (κ3) is 6.97. The van der Waals surface area contributed by atoms with E-state index in [0.29, 0.717) is 11.8 Å². The minimum Gasteiger partial charge on any atom is -0.456 e. The first kappa shape index (κ1) is 49.1. The SMILES string of the molecule is CCC(C)c1ccc2c(c1)B1c3c(c4c5c(c3-n3c6ccc(-c7ccc(C)cc7)nc6c6nc(-c7ccc(C)cc7)cc1c63)Oc1ccc(C(C)CC)cc1B5c1cc(-c3ccc(C)cc3)nc3c5nc(-c6ccc(C)cc6)ccc5n-4c13)O2. The topological polar surface area (TPSA) is 79.9 Å². The Bertz CT molecular complexity index is 4690. The number of fused-ring (bicyclic) bond motifs is 16. The molecule has 0 N–H and O–H groups in total. The van der Waals surface area contributed by atoms with Crippen molar-refractivity contribution in [1.82, 2.24) is 29.1 Å². The van der Waals surface area contributed by atoms with Crippen LogP contribution in [0, 0.1) is 27.7 Å². The molecule has 0 saturated carbocycles. The molecule has 0 amide bonds. The van der Waals surface area contributed by atoms with E-state index in [-0.39, 0.29) is 13.4 Å². The van der Waals surface area contributed by atoms with E-state index in [9.17, 15) is 0 Å². The number of hydrogen-bond donors (Lipinski definition) is 0. The van der Waals surface area contributed by atoms with Crippen molar-refractivity contribution in [1.29, 1.82) is 0 Å². The van der Waals surface area contributed by atoms with Gasteiger partial charge in [-0.05, 0) is 134 Å². The Balaban J connectivity index is 1.06. The van der Waals surface area contributed by atoms with Crippen molar-refractivity contribution >= 4 is 90.3 Å². The first-order valence-corrected chi connectivity index (χ1v) is 29.9. The van der Waals surface area contributed by atoms with E-state index in [2.05, 4.69) is 234 Å². The molecule has 10 heterocycles. The van der Waals surface area contributed by atoms with Gasteiger partial charge >= 0.3 is 0 Å². The van der Waals surface area contributed by atoms with Gasteiger partial charge in [0, 0.05) is 33.2 Å². The van der Waals surface area contributed by atoms with E-state index in [1.165, 1.54) is 33.4 Å². The number of pyridine rings is 4. The molecule has 10 heteroatoms. The van der Waals surface area contributed by atoms with Gasteiger partial charge in [0.25, 0.3) is 13.4 Å². The highest BCUT2D eigenvalue weighted by atomic mass is 16.5. The molecule has 402 valence electrons. The molecule has 0 fully saturated rings. The predicted molar refractivity (Wildman–Crippen MR) is 347 cm³/mol. The molecule has 4 aliphatic rings. The number of aryl methyl sites for hydroxylation is 4. The monoisotopic (exact) mass is 1080 g/mol. The average molecular weight is 1080 g/mol. The molecule has 0 saturated heterocycles. The molecule has 2 unspecified atom stereocenters. The first-order chi connectivity index (χ1) is 41.0. The number of aromatic nitrogens is 6. The van der Waals surface area contributed by atoms with E-state index >= 15 is 0 Å². The van der Waals surface area contributed by atoms with E-state index in [0.717, 1.165) is 169 Å². The van der Waals surface area contributed by atoms with Gasteiger partial charge in [-0.3, -0.25) is 0 Å². The van der Waals surface area contributed by atoms with Crippen LogP contribution in [0.1, 0.15) is 85.8 Å². The second-order valence-corrected chi connectivity index (χ2v) is 24.3. The summed E-state index contributed by atoms with van der Waals surface area (Å²) in [7, 11) is 0. The quantitative estimate of drug-likeness (QED) is 0.141. The summed E-state index contributed by atoms with van der Waals surface area (Å²) in [4.78, 5) is 22.8. The van der Waals surface area contributed by atoms with Gasteiger partial charge in [-0.15, -0.1) is 0 Å². The van der Waals surface area contributed by atoms with Gasteiger partial charge in [-0.1, -0.05) is 171 Å². The minimum absolute atomic E-state index is 0.296. The maximum Gasteiger partial charge on any atom is 0.256 e. The first-order valence-electron chi connectivity index (χ1n) is 29.9. The number of hydrogen-bond acceptors (Lipinski definition) is 6. The fourth-order valence-electron chi connectivity index (χ4n) is 14.1. The molecule has 13 aromatic rings. The highest BCUT2D eigenvalue weighted by Crippen LogP contribution is 2.49. The van der Waals surface area contributed by atoms with Crippen LogP contribution < -0.4 is 42.3 Å². The minimum atomic E-state index is -0.296. The fraction of sp³-hybridized carbons (Fsp3) is 0.162. The third-order valence-corrected chi connectivity index (χ3v) is 19.1. The molecule has 6 aromatic heterocycles. The van der Waals surface area contributed by atoms with Crippen LogP contribution in [-0.4, -0.2) is 42.5 Å². The molecule has 0 radical (unpaired) electrons. The smallest absolute Gasteiger partial charge is 0.256 e. The molecule has 0 bridgehead atoms. The molecule has 0 aliphatic carbocycles. The van der Waals surface area contributed by atoms with Crippen molar-refractivity contribution in [2.75, 3.05) is 0 Å². The summed E-state index contributed by atoms with van der Waals surface area (Å²) in [5.41, 5.74) is 31.1. The van der Waals surface area contributed by atoms with Crippen molar-refractivity contribution in [3.63, 3.8) is 0 Å². The van der Waals surface area contributed by atoms with Crippen LogP contribution in [0.2, 0.25) is 0 Å². The Hall–Kier alpha value is -9.53. The molecule has 7 aromatic carbocycles. The highest BCUT2D eigenvalue weighted by Gasteiger charge is 2.51. The number of ether oxygens (including phenoxy) is 2. The fourth-order valence-corrected chi connectivity index (χ4v) is 14.1. The van der Waals surface area contributed by atoms with Crippen LogP contribution in [0.4, 0.5) is 0 Å². The molecule has 0 spiro atoms. The maximum absolute atomic E-state index is 7.86. The zero-order valence-corrected chi connectivity index (χ0v) is 48.4. The van der Waals surface area contributed by atoms with Gasteiger partial charge in [-0.2, -0.15) is 0 Å². The zero-order valence-electron chi connectivity index (χ0n) is 48.4. The summed E-state index contributed by atoms with van der Waals surface area (Å²) in [6.45, 7) is 17.2. The van der Waals surface area contributed by atoms with Gasteiger partial charge in [0.05, 0.1) is 56.2 Å². The number of rotatable bonds is 8. The standard InChI is InChI=1S/C74H58B2N6O2/c1-9-43(7)49-27-33-61-51(35-49)75-53-37-57(47-23-15-41(5)16-24-47)79-67-65-59(31-29-55(77-65)45-19-11-39(3)12-20-45)81(69(53)67)71-63(75)73(83-61)72-64-74(71)84-62-34-28-50(44(8)10-2)36-52(62)76(64)54-38-58(48-25-17-42(6)18-26-48)80-68-66-60(82(72)70(54)68)32-30-56(78-66)46-21-13-40(4)14-22-46/h11-38,43-44H,9-10H2,1-8H3. The van der Waals surface area contributed by atoms with Crippen molar-refractivity contribution in [3.05, 3.63) is 203 Å². The maximum atomic E-state index is 7.86. The Morgan fingerprint density at radius 3 is 1.08 bits per heavy atom. The summed E-state index contributed by atoms with van der Waals surface area (Å²) in [5, 5.41) is 0. The molecule has 8 nitrogen and oxygen atoms in total. The average Bonchev–Trinajstić information content (AvgIpc) is 1.72. The van der Waals surface area contributed by atoms with Gasteiger partial charge in [-0.25, -0.2) is 19.9 Å². The Morgan fingerprint density at radius 2 is 0.726 bits per heavy atom. The van der Waals surface area contributed by atoms with Gasteiger partial charge < -0.3 is 18.6 Å². The molecule has 84 heavy (non-hydrogen) atoms. The van der Waals surface area contributed by atoms with E-state index < -0.39 is 0 Å².